The van der Waals surface area contributed by atoms with E-state index in [0.717, 1.165) is 13.0 Å². The molecular weight excluding hydrogens is 272 g/mol. The Labute approximate surface area is 124 Å². The third-order valence-corrected chi connectivity index (χ3v) is 3.65. The SMILES string of the molecule is CCNc1nc(OC)nc(N2CCC(C)(C(=O)NC)C2)n1. The first-order chi connectivity index (χ1) is 10.0. The second kappa shape index (κ2) is 6.11. The van der Waals surface area contributed by atoms with E-state index in [2.05, 4.69) is 25.6 Å². The van der Waals surface area contributed by atoms with Crippen LogP contribution in [0.15, 0.2) is 0 Å². The van der Waals surface area contributed by atoms with E-state index >= 15 is 0 Å². The molecule has 1 aromatic rings. The van der Waals surface area contributed by atoms with Gasteiger partial charge in [0.25, 0.3) is 0 Å². The highest BCUT2D eigenvalue weighted by Gasteiger charge is 2.40. The Morgan fingerprint density at radius 3 is 2.81 bits per heavy atom. The Kier molecular flexibility index (Phi) is 4.44. The van der Waals surface area contributed by atoms with Crippen LogP contribution in [0.5, 0.6) is 6.01 Å². The van der Waals surface area contributed by atoms with Crippen LogP contribution < -0.4 is 20.3 Å². The Bertz CT molecular complexity index is 523. The fraction of sp³-hybridized carbons (Fsp3) is 0.692. The fourth-order valence-electron chi connectivity index (χ4n) is 2.43. The van der Waals surface area contributed by atoms with Crippen LogP contribution in [0.4, 0.5) is 11.9 Å². The molecule has 0 spiro atoms. The van der Waals surface area contributed by atoms with Crippen LogP contribution in [-0.4, -0.2) is 54.7 Å². The summed E-state index contributed by atoms with van der Waals surface area (Å²) < 4.78 is 5.11. The first-order valence-corrected chi connectivity index (χ1v) is 7.03. The minimum Gasteiger partial charge on any atom is -0.467 e. The lowest BCUT2D eigenvalue weighted by atomic mass is 9.89. The van der Waals surface area contributed by atoms with Gasteiger partial charge in [0, 0.05) is 26.7 Å². The van der Waals surface area contributed by atoms with Gasteiger partial charge in [-0.15, -0.1) is 0 Å². The first-order valence-electron chi connectivity index (χ1n) is 7.03. The number of nitrogens with one attached hydrogen (secondary N) is 2. The monoisotopic (exact) mass is 294 g/mol. The van der Waals surface area contributed by atoms with Crippen molar-refractivity contribution in [2.24, 2.45) is 5.41 Å². The van der Waals surface area contributed by atoms with Crippen LogP contribution in [-0.2, 0) is 4.79 Å². The van der Waals surface area contributed by atoms with Crippen molar-refractivity contribution in [1.82, 2.24) is 20.3 Å². The lowest BCUT2D eigenvalue weighted by Gasteiger charge is -2.22. The number of aromatic nitrogens is 3. The smallest absolute Gasteiger partial charge is 0.322 e. The van der Waals surface area contributed by atoms with Crippen molar-refractivity contribution in [3.63, 3.8) is 0 Å². The van der Waals surface area contributed by atoms with Crippen molar-refractivity contribution in [3.05, 3.63) is 0 Å². The molecule has 1 atom stereocenters. The molecule has 1 fully saturated rings. The summed E-state index contributed by atoms with van der Waals surface area (Å²) in [5, 5.41) is 5.77. The Morgan fingerprint density at radius 1 is 1.43 bits per heavy atom. The topological polar surface area (TPSA) is 92.3 Å². The fourth-order valence-corrected chi connectivity index (χ4v) is 2.43. The van der Waals surface area contributed by atoms with Gasteiger partial charge in [0.1, 0.15) is 0 Å². The first kappa shape index (κ1) is 15.3. The van der Waals surface area contributed by atoms with E-state index in [1.54, 1.807) is 7.05 Å². The summed E-state index contributed by atoms with van der Waals surface area (Å²) >= 11 is 0. The van der Waals surface area contributed by atoms with E-state index in [4.69, 9.17) is 4.74 Å². The second-order valence-electron chi connectivity index (χ2n) is 5.29. The summed E-state index contributed by atoms with van der Waals surface area (Å²) in [4.78, 5) is 26.8. The maximum Gasteiger partial charge on any atom is 0.322 e. The molecule has 8 nitrogen and oxygen atoms in total. The summed E-state index contributed by atoms with van der Waals surface area (Å²) in [5.41, 5.74) is -0.424. The van der Waals surface area contributed by atoms with E-state index in [9.17, 15) is 4.79 Å². The maximum atomic E-state index is 12.0. The number of carbonyl (C=O) groups is 1. The molecule has 1 saturated heterocycles. The quantitative estimate of drug-likeness (QED) is 0.805. The molecule has 2 N–H and O–H groups in total. The van der Waals surface area contributed by atoms with Gasteiger partial charge in [-0.3, -0.25) is 4.79 Å². The molecule has 1 aliphatic heterocycles. The number of hydrogen-bond donors (Lipinski definition) is 2. The molecule has 8 heteroatoms. The standard InChI is InChI=1S/C13H22N6O2/c1-5-15-10-16-11(18-12(17-10)21-4)19-7-6-13(2,8-19)9(20)14-3/h5-8H2,1-4H3,(H,14,20)(H,15,16,17,18). The normalized spacial score (nSPS) is 21.2. The number of anilines is 2. The number of amides is 1. The molecule has 116 valence electrons. The Hall–Kier alpha value is -2.12. The Balaban J connectivity index is 2.23. The maximum absolute atomic E-state index is 12.0. The molecule has 0 aromatic carbocycles. The molecule has 0 radical (unpaired) electrons. The van der Waals surface area contributed by atoms with E-state index in [1.165, 1.54) is 7.11 Å². The van der Waals surface area contributed by atoms with Gasteiger partial charge in [0.05, 0.1) is 12.5 Å². The molecule has 2 heterocycles. The van der Waals surface area contributed by atoms with Crippen molar-refractivity contribution in [2.75, 3.05) is 44.0 Å². The number of ether oxygens (including phenoxy) is 1. The van der Waals surface area contributed by atoms with E-state index < -0.39 is 5.41 Å². The Morgan fingerprint density at radius 2 is 2.19 bits per heavy atom. The number of nitrogens with zero attached hydrogens (tertiary/aromatic N) is 4. The number of hydrogen-bond acceptors (Lipinski definition) is 7. The molecule has 0 aliphatic carbocycles. The second-order valence-corrected chi connectivity index (χ2v) is 5.29. The van der Waals surface area contributed by atoms with Crippen LogP contribution in [0.2, 0.25) is 0 Å². The molecule has 1 unspecified atom stereocenters. The van der Waals surface area contributed by atoms with Gasteiger partial charge in [0.15, 0.2) is 0 Å². The van der Waals surface area contributed by atoms with Crippen molar-refractivity contribution in [2.45, 2.75) is 20.3 Å². The van der Waals surface area contributed by atoms with Gasteiger partial charge in [-0.05, 0) is 20.3 Å². The lowest BCUT2D eigenvalue weighted by molar-refractivity contribution is -0.128. The number of rotatable bonds is 5. The summed E-state index contributed by atoms with van der Waals surface area (Å²) in [5.74, 6) is 1.05. The van der Waals surface area contributed by atoms with E-state index in [1.807, 2.05) is 18.7 Å². The van der Waals surface area contributed by atoms with Gasteiger partial charge in [0.2, 0.25) is 17.8 Å². The van der Waals surface area contributed by atoms with Crippen molar-refractivity contribution in [1.29, 1.82) is 0 Å². The highest BCUT2D eigenvalue weighted by Crippen LogP contribution is 2.32. The zero-order valence-corrected chi connectivity index (χ0v) is 12.9. The molecule has 0 bridgehead atoms. The molecule has 1 aromatic heterocycles. The van der Waals surface area contributed by atoms with Crippen LogP contribution in [0.25, 0.3) is 0 Å². The van der Waals surface area contributed by atoms with Crippen LogP contribution >= 0.6 is 0 Å². The third-order valence-electron chi connectivity index (χ3n) is 3.65. The van der Waals surface area contributed by atoms with Crippen LogP contribution in [0.3, 0.4) is 0 Å². The molecule has 1 amide bonds. The predicted molar refractivity (Wildman–Crippen MR) is 79.5 cm³/mol. The molecule has 21 heavy (non-hydrogen) atoms. The largest absolute Gasteiger partial charge is 0.467 e. The number of carbonyl (C=O) groups excluding carboxylic acids is 1. The predicted octanol–water partition coefficient (Wildman–Crippen LogP) is 0.274. The molecular formula is C13H22N6O2. The highest BCUT2D eigenvalue weighted by atomic mass is 16.5. The van der Waals surface area contributed by atoms with Gasteiger partial charge < -0.3 is 20.3 Å². The molecule has 0 saturated carbocycles. The van der Waals surface area contributed by atoms with Crippen LogP contribution in [0.1, 0.15) is 20.3 Å². The van der Waals surface area contributed by atoms with Gasteiger partial charge in [-0.2, -0.15) is 15.0 Å². The van der Waals surface area contributed by atoms with Gasteiger partial charge in [-0.1, -0.05) is 0 Å². The average molecular weight is 294 g/mol. The summed E-state index contributed by atoms with van der Waals surface area (Å²) in [6.45, 7) is 5.93. The molecule has 2 rings (SSSR count). The average Bonchev–Trinajstić information content (AvgIpc) is 2.90. The van der Waals surface area contributed by atoms with Crippen molar-refractivity contribution >= 4 is 17.8 Å². The van der Waals surface area contributed by atoms with Gasteiger partial charge in [-0.25, -0.2) is 0 Å². The van der Waals surface area contributed by atoms with Crippen molar-refractivity contribution < 1.29 is 9.53 Å². The third kappa shape index (κ3) is 3.14. The van der Waals surface area contributed by atoms with Gasteiger partial charge >= 0.3 is 6.01 Å². The summed E-state index contributed by atoms with van der Waals surface area (Å²) in [6, 6.07) is 0.268. The van der Waals surface area contributed by atoms with Crippen molar-refractivity contribution in [3.8, 4) is 6.01 Å². The van der Waals surface area contributed by atoms with E-state index in [-0.39, 0.29) is 11.9 Å². The lowest BCUT2D eigenvalue weighted by Crippen LogP contribution is -2.39. The summed E-state index contributed by atoms with van der Waals surface area (Å²) in [6.07, 6.45) is 0.761. The van der Waals surface area contributed by atoms with Crippen LogP contribution in [0, 0.1) is 5.41 Å². The highest BCUT2D eigenvalue weighted by molar-refractivity contribution is 5.83. The summed E-state index contributed by atoms with van der Waals surface area (Å²) in [7, 11) is 3.18. The molecule has 1 aliphatic rings. The minimum atomic E-state index is -0.424. The zero-order chi connectivity index (χ0) is 15.5. The number of methoxy groups -OCH3 is 1. The zero-order valence-electron chi connectivity index (χ0n) is 12.9. The van der Waals surface area contributed by atoms with E-state index in [0.29, 0.717) is 25.0 Å². The minimum absolute atomic E-state index is 0.0397.